The lowest BCUT2D eigenvalue weighted by Crippen LogP contribution is -2.61. The van der Waals surface area contributed by atoms with Crippen LogP contribution in [0.15, 0.2) is 63.5 Å². The molecule has 1 aliphatic heterocycles. The van der Waals surface area contributed by atoms with E-state index >= 15 is 0 Å². The van der Waals surface area contributed by atoms with Crippen molar-refractivity contribution in [3.63, 3.8) is 0 Å². The van der Waals surface area contributed by atoms with Crippen LogP contribution in [0, 0.1) is 0 Å². The van der Waals surface area contributed by atoms with E-state index < -0.39 is 26.7 Å². The van der Waals surface area contributed by atoms with Gasteiger partial charge < -0.3 is 0 Å². The number of sulfonamides is 1. The van der Waals surface area contributed by atoms with Gasteiger partial charge in [0, 0.05) is 39.2 Å². The van der Waals surface area contributed by atoms with Crippen molar-refractivity contribution >= 4 is 39.5 Å². The summed E-state index contributed by atoms with van der Waals surface area (Å²) in [5, 5.41) is 9.11. The zero-order valence-electron chi connectivity index (χ0n) is 15.4. The molecule has 0 aliphatic carbocycles. The summed E-state index contributed by atoms with van der Waals surface area (Å²) in [4.78, 5) is 18.2. The third-order valence-electron chi connectivity index (χ3n) is 4.41. The first kappa shape index (κ1) is 21.1. The molecule has 1 amide bonds. The maximum atomic E-state index is 13.2. The highest BCUT2D eigenvalue weighted by atomic mass is 32.2. The molecule has 1 aliphatic rings. The molecule has 1 fully saturated rings. The quantitative estimate of drug-likeness (QED) is 0.546. The minimum absolute atomic E-state index is 0.116. The summed E-state index contributed by atoms with van der Waals surface area (Å²) in [5.41, 5.74) is 1.61. The Hall–Kier alpha value is -1.59. The predicted molar refractivity (Wildman–Crippen MR) is 109 cm³/mol. The Morgan fingerprint density at radius 1 is 1.21 bits per heavy atom. The van der Waals surface area contributed by atoms with Crippen molar-refractivity contribution in [3.05, 3.63) is 48.8 Å². The summed E-state index contributed by atoms with van der Waals surface area (Å²) in [6.45, 7) is 3.80. The number of carbonyl (C=O) groups excluding carboxylic acids is 1. The molecule has 10 heteroatoms. The van der Waals surface area contributed by atoms with E-state index in [1.54, 1.807) is 56.0 Å². The van der Waals surface area contributed by atoms with E-state index in [4.69, 9.17) is 5.21 Å². The minimum atomic E-state index is -3.90. The number of hydrogen-bond acceptors (Lipinski definition) is 7. The van der Waals surface area contributed by atoms with Gasteiger partial charge in [0.2, 0.25) is 10.0 Å². The predicted octanol–water partition coefficient (Wildman–Crippen LogP) is 2.62. The Labute approximate surface area is 172 Å². The summed E-state index contributed by atoms with van der Waals surface area (Å²) in [6, 6.07) is 9.31. The maximum absolute atomic E-state index is 13.2. The first-order valence-corrected chi connectivity index (χ1v) is 11.8. The lowest BCUT2D eigenvalue weighted by molar-refractivity contribution is -0.134. The van der Waals surface area contributed by atoms with E-state index in [-0.39, 0.29) is 11.4 Å². The highest BCUT2D eigenvalue weighted by molar-refractivity contribution is 8.01. The Morgan fingerprint density at radius 2 is 1.82 bits per heavy atom. The molecule has 2 N–H and O–H groups in total. The summed E-state index contributed by atoms with van der Waals surface area (Å²) in [5.74, 6) is -0.164. The van der Waals surface area contributed by atoms with Crippen LogP contribution in [0.25, 0.3) is 0 Å². The second-order valence-electron chi connectivity index (χ2n) is 6.70. The molecule has 0 bridgehead atoms. The number of hydrogen-bond donors (Lipinski definition) is 2. The Balaban J connectivity index is 1.87. The topological polar surface area (TPSA) is 99.6 Å². The molecule has 0 radical (unpaired) electrons. The van der Waals surface area contributed by atoms with Crippen molar-refractivity contribution in [2.45, 2.75) is 39.3 Å². The maximum Gasteiger partial charge on any atom is 0.263 e. The second-order valence-corrected chi connectivity index (χ2v) is 11.5. The lowest BCUT2D eigenvalue weighted by Gasteiger charge is -2.43. The van der Waals surface area contributed by atoms with Gasteiger partial charge in [-0.2, -0.15) is 16.1 Å². The van der Waals surface area contributed by atoms with Crippen LogP contribution in [0.5, 0.6) is 0 Å². The highest BCUT2D eigenvalue weighted by Crippen LogP contribution is 2.38. The van der Waals surface area contributed by atoms with E-state index in [9.17, 15) is 13.2 Å². The van der Waals surface area contributed by atoms with Crippen LogP contribution in [-0.4, -0.2) is 51.9 Å². The molecule has 0 spiro atoms. The normalized spacial score (nSPS) is 19.9. The second kappa shape index (κ2) is 8.42. The Kier molecular flexibility index (Phi) is 6.35. The molecule has 1 aromatic heterocycles. The van der Waals surface area contributed by atoms with E-state index in [0.717, 1.165) is 9.79 Å². The van der Waals surface area contributed by atoms with Crippen LogP contribution in [0.2, 0.25) is 0 Å². The van der Waals surface area contributed by atoms with Crippen LogP contribution in [0.4, 0.5) is 0 Å². The number of nitrogens with zero attached hydrogens (tertiary/aromatic N) is 2. The van der Waals surface area contributed by atoms with Crippen LogP contribution in [0.3, 0.4) is 0 Å². The summed E-state index contributed by atoms with van der Waals surface area (Å²) in [6.07, 6.45) is 3.40. The monoisotopic (exact) mass is 439 g/mol. The smallest absolute Gasteiger partial charge is 0.263 e. The molecular formula is C18H21N3O4S3. The van der Waals surface area contributed by atoms with E-state index in [1.807, 2.05) is 12.1 Å². The third-order valence-corrected chi connectivity index (χ3v) is 8.65. The number of hydroxylamine groups is 1. The van der Waals surface area contributed by atoms with Gasteiger partial charge in [0.15, 0.2) is 0 Å². The molecule has 0 saturated carbocycles. The van der Waals surface area contributed by atoms with Crippen molar-refractivity contribution in [3.8, 4) is 0 Å². The largest absolute Gasteiger partial charge is 0.289 e. The molecule has 1 saturated heterocycles. The zero-order chi connectivity index (χ0) is 20.4. The molecule has 28 heavy (non-hydrogen) atoms. The van der Waals surface area contributed by atoms with Crippen molar-refractivity contribution in [1.82, 2.24) is 14.8 Å². The van der Waals surface area contributed by atoms with E-state index in [0.29, 0.717) is 5.75 Å². The SMILES string of the molecule is CC1(C)SCCN(S(=O)(=O)c2ccc(Sc3ccncc3)cc2)C1C(=O)NO. The molecule has 3 rings (SSSR count). The number of aromatic nitrogens is 1. The molecule has 2 heterocycles. The summed E-state index contributed by atoms with van der Waals surface area (Å²) < 4.78 is 26.9. The first-order valence-electron chi connectivity index (χ1n) is 8.53. The average Bonchev–Trinajstić information content (AvgIpc) is 2.68. The number of thioether (sulfide) groups is 1. The van der Waals surface area contributed by atoms with Gasteiger partial charge in [0.05, 0.1) is 4.90 Å². The fourth-order valence-corrected chi connectivity index (χ4v) is 6.99. The van der Waals surface area contributed by atoms with Gasteiger partial charge >= 0.3 is 0 Å². The molecule has 2 aromatic rings. The van der Waals surface area contributed by atoms with Gasteiger partial charge in [0.1, 0.15) is 6.04 Å². The van der Waals surface area contributed by atoms with Crippen LogP contribution >= 0.6 is 23.5 Å². The van der Waals surface area contributed by atoms with Crippen LogP contribution in [-0.2, 0) is 14.8 Å². The molecule has 150 valence electrons. The minimum Gasteiger partial charge on any atom is -0.289 e. The van der Waals surface area contributed by atoms with Gasteiger partial charge in [0.25, 0.3) is 5.91 Å². The van der Waals surface area contributed by atoms with Crippen molar-refractivity contribution in [1.29, 1.82) is 0 Å². The molecular weight excluding hydrogens is 418 g/mol. The summed E-state index contributed by atoms with van der Waals surface area (Å²) >= 11 is 3.01. The van der Waals surface area contributed by atoms with Crippen molar-refractivity contribution in [2.24, 2.45) is 0 Å². The Morgan fingerprint density at radius 3 is 2.43 bits per heavy atom. The lowest BCUT2D eigenvalue weighted by atomic mass is 10.0. The van der Waals surface area contributed by atoms with E-state index in [2.05, 4.69) is 4.98 Å². The number of nitrogens with one attached hydrogen (secondary N) is 1. The number of pyridine rings is 1. The number of amides is 1. The number of carbonyl (C=O) groups is 1. The number of rotatable bonds is 5. The standard InChI is InChI=1S/C18H21N3O4S3/c1-18(2)16(17(22)20-23)21(11-12-26-18)28(24,25)15-5-3-13(4-6-15)27-14-7-9-19-10-8-14/h3-10,16,23H,11-12H2,1-2H3,(H,20,22). The average molecular weight is 440 g/mol. The fourth-order valence-electron chi connectivity index (χ4n) is 3.08. The molecule has 1 atom stereocenters. The van der Waals surface area contributed by atoms with E-state index in [1.165, 1.54) is 27.8 Å². The first-order chi connectivity index (χ1) is 13.3. The van der Waals surface area contributed by atoms with Gasteiger partial charge in [-0.25, -0.2) is 13.9 Å². The van der Waals surface area contributed by atoms with Gasteiger partial charge in [-0.1, -0.05) is 11.8 Å². The molecule has 7 nitrogen and oxygen atoms in total. The van der Waals surface area contributed by atoms with Crippen molar-refractivity contribution in [2.75, 3.05) is 12.3 Å². The molecule has 1 unspecified atom stereocenters. The van der Waals surface area contributed by atoms with Crippen molar-refractivity contribution < 1.29 is 18.4 Å². The van der Waals surface area contributed by atoms with Gasteiger partial charge in [-0.3, -0.25) is 15.0 Å². The fraction of sp³-hybridized carbons (Fsp3) is 0.333. The van der Waals surface area contributed by atoms with Crippen LogP contribution < -0.4 is 5.48 Å². The Bertz CT molecular complexity index is 934. The summed E-state index contributed by atoms with van der Waals surface area (Å²) in [7, 11) is -3.90. The third kappa shape index (κ3) is 4.36. The molecule has 1 aromatic carbocycles. The number of benzene rings is 1. The van der Waals surface area contributed by atoms with Crippen LogP contribution in [0.1, 0.15) is 13.8 Å². The van der Waals surface area contributed by atoms with Gasteiger partial charge in [-0.15, -0.1) is 0 Å². The zero-order valence-corrected chi connectivity index (χ0v) is 17.9. The highest BCUT2D eigenvalue weighted by Gasteiger charge is 2.48. The van der Waals surface area contributed by atoms with Gasteiger partial charge in [-0.05, 0) is 50.2 Å².